The SMILES string of the molecule is CC(C)NC(C)CCC(F)(F)C(F)(F)C(F)(F)C(F)(F)C(F)(F)C(F)(F)C(F)(F)C(F)(F)F. The van der Waals surface area contributed by atoms with Crippen molar-refractivity contribution in [2.45, 2.75) is 93.3 Å². The molecular weight excluding hydrogens is 517 g/mol. The number of hydrogen-bond acceptors (Lipinski definition) is 1. The van der Waals surface area contributed by atoms with Gasteiger partial charge in [0.1, 0.15) is 0 Å². The molecule has 1 atom stereocenters. The van der Waals surface area contributed by atoms with Crippen LogP contribution >= 0.6 is 0 Å². The van der Waals surface area contributed by atoms with Crippen molar-refractivity contribution in [2.75, 3.05) is 0 Å². The predicted octanol–water partition coefficient (Wildman–Crippen LogP) is 7.16. The summed E-state index contributed by atoms with van der Waals surface area (Å²) in [6.45, 7) is 3.82. The van der Waals surface area contributed by atoms with Crippen LogP contribution in [0.2, 0.25) is 0 Å². The summed E-state index contributed by atoms with van der Waals surface area (Å²) in [6, 6.07) is -1.69. The van der Waals surface area contributed by atoms with E-state index >= 15 is 0 Å². The van der Waals surface area contributed by atoms with Crippen LogP contribution in [-0.4, -0.2) is 59.7 Å². The zero-order chi connectivity index (χ0) is 27.3. The third-order valence-corrected chi connectivity index (χ3v) is 4.30. The Morgan fingerprint density at radius 3 is 1.09 bits per heavy atom. The van der Waals surface area contributed by atoms with Crippen molar-refractivity contribution in [2.24, 2.45) is 0 Å². The number of alkyl halides is 17. The number of hydrogen-bond donors (Lipinski definition) is 1. The van der Waals surface area contributed by atoms with Gasteiger partial charge in [-0.25, -0.2) is 0 Å². The van der Waals surface area contributed by atoms with Crippen molar-refractivity contribution in [3.63, 3.8) is 0 Å². The fourth-order valence-corrected chi connectivity index (χ4v) is 2.40. The van der Waals surface area contributed by atoms with Crippen molar-refractivity contribution < 1.29 is 74.6 Å². The maximum Gasteiger partial charge on any atom is 0.460 e. The van der Waals surface area contributed by atoms with Crippen molar-refractivity contribution in [3.8, 4) is 0 Å². The molecule has 33 heavy (non-hydrogen) atoms. The molecule has 18 heteroatoms. The van der Waals surface area contributed by atoms with Crippen molar-refractivity contribution in [1.82, 2.24) is 5.32 Å². The summed E-state index contributed by atoms with van der Waals surface area (Å²) in [5, 5.41) is 2.39. The van der Waals surface area contributed by atoms with Crippen molar-refractivity contribution in [1.29, 1.82) is 0 Å². The largest absolute Gasteiger partial charge is 0.460 e. The molecule has 0 aliphatic carbocycles. The lowest BCUT2D eigenvalue weighted by Crippen LogP contribution is -2.74. The van der Waals surface area contributed by atoms with E-state index in [4.69, 9.17) is 0 Å². The second kappa shape index (κ2) is 8.77. The molecule has 0 aromatic heterocycles. The first-order valence-corrected chi connectivity index (χ1v) is 8.53. The van der Waals surface area contributed by atoms with Gasteiger partial charge < -0.3 is 5.32 Å². The molecule has 0 rings (SSSR count). The molecule has 1 unspecified atom stereocenters. The van der Waals surface area contributed by atoms with Gasteiger partial charge in [-0.15, -0.1) is 0 Å². The van der Waals surface area contributed by atoms with E-state index in [2.05, 4.69) is 5.32 Å². The Kier molecular flexibility index (Phi) is 8.44. The van der Waals surface area contributed by atoms with Gasteiger partial charge in [-0.05, 0) is 13.3 Å². The van der Waals surface area contributed by atoms with E-state index < -0.39 is 72.6 Å². The van der Waals surface area contributed by atoms with Crippen LogP contribution in [0.1, 0.15) is 33.6 Å². The quantitative estimate of drug-likeness (QED) is 0.278. The van der Waals surface area contributed by atoms with Gasteiger partial charge in [0.2, 0.25) is 0 Å². The predicted molar refractivity (Wildman–Crippen MR) is 77.7 cm³/mol. The normalized spacial score (nSPS) is 17.0. The van der Waals surface area contributed by atoms with Gasteiger partial charge in [-0.2, -0.15) is 74.6 Å². The Bertz CT molecular complexity index is 664. The monoisotopic (exact) mass is 533 g/mol. The molecule has 0 bridgehead atoms. The summed E-state index contributed by atoms with van der Waals surface area (Å²) in [5.41, 5.74) is 0. The maximum absolute atomic E-state index is 13.7. The van der Waals surface area contributed by atoms with E-state index in [1.54, 1.807) is 0 Å². The molecule has 1 nitrogen and oxygen atoms in total. The topological polar surface area (TPSA) is 12.0 Å². The summed E-state index contributed by atoms with van der Waals surface area (Å²) in [5.74, 6) is -55.9. The second-order valence-corrected chi connectivity index (χ2v) is 7.41. The maximum atomic E-state index is 13.7. The zero-order valence-electron chi connectivity index (χ0n) is 16.5. The van der Waals surface area contributed by atoms with Gasteiger partial charge in [0.25, 0.3) is 0 Å². The molecule has 0 spiro atoms. The van der Waals surface area contributed by atoms with Gasteiger partial charge >= 0.3 is 47.6 Å². The van der Waals surface area contributed by atoms with Gasteiger partial charge in [-0.3, -0.25) is 0 Å². The molecule has 0 aliphatic rings. The molecule has 0 aromatic carbocycles. The summed E-state index contributed by atoms with van der Waals surface area (Å²) >= 11 is 0. The fourth-order valence-electron chi connectivity index (χ4n) is 2.40. The van der Waals surface area contributed by atoms with E-state index in [0.717, 1.165) is 6.92 Å². The van der Waals surface area contributed by atoms with Crippen LogP contribution in [0.4, 0.5) is 74.6 Å². The zero-order valence-corrected chi connectivity index (χ0v) is 16.5. The average Bonchev–Trinajstić information content (AvgIpc) is 2.57. The molecule has 0 saturated carbocycles. The van der Waals surface area contributed by atoms with Gasteiger partial charge in [0, 0.05) is 18.5 Å². The fraction of sp³-hybridized carbons (Fsp3) is 1.00. The Morgan fingerprint density at radius 2 is 0.788 bits per heavy atom. The van der Waals surface area contributed by atoms with Crippen LogP contribution in [0.25, 0.3) is 0 Å². The molecular formula is C15H16F17N. The Morgan fingerprint density at radius 1 is 0.485 bits per heavy atom. The molecule has 0 heterocycles. The van der Waals surface area contributed by atoms with E-state index in [-0.39, 0.29) is 0 Å². The highest BCUT2D eigenvalue weighted by Gasteiger charge is 2.95. The Labute approximate surface area is 174 Å². The highest BCUT2D eigenvalue weighted by Crippen LogP contribution is 2.64. The summed E-state index contributed by atoms with van der Waals surface area (Å²) in [4.78, 5) is 0. The summed E-state index contributed by atoms with van der Waals surface area (Å²) < 4.78 is 223. The van der Waals surface area contributed by atoms with E-state index in [1.807, 2.05) is 0 Å². The van der Waals surface area contributed by atoms with E-state index in [9.17, 15) is 74.6 Å². The van der Waals surface area contributed by atoms with Crippen LogP contribution in [0.15, 0.2) is 0 Å². The van der Waals surface area contributed by atoms with Gasteiger partial charge in [0.05, 0.1) is 0 Å². The lowest BCUT2D eigenvalue weighted by atomic mass is 9.87. The minimum absolute atomic E-state index is 0.504. The lowest BCUT2D eigenvalue weighted by molar-refractivity contribution is -0.461. The lowest BCUT2D eigenvalue weighted by Gasteiger charge is -2.43. The van der Waals surface area contributed by atoms with E-state index in [0.29, 0.717) is 0 Å². The van der Waals surface area contributed by atoms with Crippen LogP contribution in [-0.2, 0) is 0 Å². The van der Waals surface area contributed by atoms with Gasteiger partial charge in [-0.1, -0.05) is 13.8 Å². The number of halogens is 17. The van der Waals surface area contributed by atoms with Crippen LogP contribution in [0, 0.1) is 0 Å². The molecule has 0 amide bonds. The van der Waals surface area contributed by atoms with Gasteiger partial charge in [0.15, 0.2) is 0 Å². The van der Waals surface area contributed by atoms with Crippen LogP contribution in [0.5, 0.6) is 0 Å². The number of nitrogens with one attached hydrogen (secondary N) is 1. The minimum atomic E-state index is -8.59. The van der Waals surface area contributed by atoms with Crippen molar-refractivity contribution in [3.05, 3.63) is 0 Å². The standard InChI is InChI=1S/C15H16F17N/c1-6(2)33-7(3)4-5-8(16,17)9(18,19)10(20,21)11(22,23)12(24,25)13(26,27)14(28,29)15(30,31)32/h6-7,33H,4-5H2,1-3H3. The first kappa shape index (κ1) is 31.8. The second-order valence-electron chi connectivity index (χ2n) is 7.41. The first-order chi connectivity index (χ1) is 14.1. The highest BCUT2D eigenvalue weighted by molar-refractivity contribution is 5.15. The molecule has 0 fully saturated rings. The average molecular weight is 533 g/mol. The highest BCUT2D eigenvalue weighted by atomic mass is 19.4. The molecule has 0 radical (unpaired) electrons. The van der Waals surface area contributed by atoms with Crippen LogP contribution in [0.3, 0.4) is 0 Å². The van der Waals surface area contributed by atoms with E-state index in [1.165, 1.54) is 13.8 Å². The molecule has 0 aromatic rings. The Balaban J connectivity index is 6.37. The summed E-state index contributed by atoms with van der Waals surface area (Å²) in [7, 11) is 0. The smallest absolute Gasteiger partial charge is 0.312 e. The van der Waals surface area contributed by atoms with Crippen molar-refractivity contribution >= 4 is 0 Å². The summed E-state index contributed by atoms with van der Waals surface area (Å²) in [6.07, 6.45) is -11.4. The molecule has 1 N–H and O–H groups in total. The third-order valence-electron chi connectivity index (χ3n) is 4.30. The van der Waals surface area contributed by atoms with Crippen LogP contribution < -0.4 is 5.32 Å². The third kappa shape index (κ3) is 4.94. The number of rotatable bonds is 11. The first-order valence-electron chi connectivity index (χ1n) is 8.53. The molecule has 0 aliphatic heterocycles. The Hall–Kier alpha value is -1.23. The molecule has 200 valence electrons. The minimum Gasteiger partial charge on any atom is -0.312 e. The molecule has 0 saturated heterocycles.